The number of amides is 1. The molecule has 3 N–H and O–H groups in total. The average molecular weight is 276 g/mol. The Balaban J connectivity index is 1.65. The molecule has 0 radical (unpaired) electrons. The lowest BCUT2D eigenvalue weighted by atomic mass is 10.1. The molecule has 0 spiro atoms. The summed E-state index contributed by atoms with van der Waals surface area (Å²) in [6, 6.07) is 7.58. The van der Waals surface area contributed by atoms with Crippen molar-refractivity contribution in [3.8, 4) is 5.75 Å². The molecule has 0 aromatic heterocycles. The van der Waals surface area contributed by atoms with Gasteiger partial charge in [-0.25, -0.2) is 0 Å². The Kier molecular flexibility index (Phi) is 5.71. The number of hydrogen-bond acceptors (Lipinski definition) is 3. The van der Waals surface area contributed by atoms with Gasteiger partial charge in [0.25, 0.3) is 0 Å². The van der Waals surface area contributed by atoms with E-state index in [2.05, 4.69) is 5.32 Å². The van der Waals surface area contributed by atoms with Crippen LogP contribution in [0.4, 0.5) is 5.69 Å². The van der Waals surface area contributed by atoms with Gasteiger partial charge in [-0.2, -0.15) is 0 Å². The van der Waals surface area contributed by atoms with Gasteiger partial charge in [-0.15, -0.1) is 0 Å². The maximum atomic E-state index is 11.9. The molecule has 2 rings (SSSR count). The molecule has 0 unspecified atom stereocenters. The summed E-state index contributed by atoms with van der Waals surface area (Å²) < 4.78 is 5.53. The molecule has 1 amide bonds. The molecule has 0 atom stereocenters. The van der Waals surface area contributed by atoms with Crippen LogP contribution < -0.4 is 15.8 Å². The Morgan fingerprint density at radius 2 is 1.80 bits per heavy atom. The summed E-state index contributed by atoms with van der Waals surface area (Å²) >= 11 is 0. The van der Waals surface area contributed by atoms with Crippen LogP contribution >= 0.6 is 0 Å². The first-order valence-corrected chi connectivity index (χ1v) is 7.52. The second kappa shape index (κ2) is 7.78. The van der Waals surface area contributed by atoms with Crippen molar-refractivity contribution in [3.05, 3.63) is 24.3 Å². The number of carbonyl (C=O) groups excluding carboxylic acids is 1. The SMILES string of the molecule is Nc1ccc(OCCC(=O)NC2CCCCCC2)cc1. The Bertz CT molecular complexity index is 409. The second-order valence-corrected chi connectivity index (χ2v) is 5.42. The third-order valence-corrected chi connectivity index (χ3v) is 3.70. The van der Waals surface area contributed by atoms with Gasteiger partial charge in [0.15, 0.2) is 0 Å². The smallest absolute Gasteiger partial charge is 0.223 e. The number of nitrogens with one attached hydrogen (secondary N) is 1. The zero-order chi connectivity index (χ0) is 14.2. The van der Waals surface area contributed by atoms with Gasteiger partial charge in [-0.05, 0) is 37.1 Å². The molecule has 0 saturated heterocycles. The van der Waals surface area contributed by atoms with Crippen molar-refractivity contribution in [2.75, 3.05) is 12.3 Å². The van der Waals surface area contributed by atoms with Gasteiger partial charge in [0.1, 0.15) is 5.75 Å². The van der Waals surface area contributed by atoms with Crippen molar-refractivity contribution >= 4 is 11.6 Å². The van der Waals surface area contributed by atoms with E-state index in [4.69, 9.17) is 10.5 Å². The van der Waals surface area contributed by atoms with Crippen LogP contribution in [0.25, 0.3) is 0 Å². The van der Waals surface area contributed by atoms with Crippen LogP contribution in [0, 0.1) is 0 Å². The van der Waals surface area contributed by atoms with E-state index < -0.39 is 0 Å². The first-order chi connectivity index (χ1) is 9.74. The summed E-state index contributed by atoms with van der Waals surface area (Å²) in [5.41, 5.74) is 6.31. The van der Waals surface area contributed by atoms with Crippen molar-refractivity contribution in [1.29, 1.82) is 0 Å². The lowest BCUT2D eigenvalue weighted by Gasteiger charge is -2.16. The molecule has 1 aromatic carbocycles. The van der Waals surface area contributed by atoms with Crippen LogP contribution in [0.5, 0.6) is 5.75 Å². The number of nitrogens with two attached hydrogens (primary N) is 1. The number of rotatable bonds is 5. The van der Waals surface area contributed by atoms with Crippen LogP contribution in [-0.2, 0) is 4.79 Å². The molecule has 0 heterocycles. The molecule has 0 aliphatic heterocycles. The van der Waals surface area contributed by atoms with E-state index in [0.717, 1.165) is 18.6 Å². The lowest BCUT2D eigenvalue weighted by molar-refractivity contribution is -0.122. The Hall–Kier alpha value is -1.71. The minimum atomic E-state index is 0.0901. The van der Waals surface area contributed by atoms with E-state index in [1.807, 2.05) is 12.1 Å². The molecule has 1 aliphatic carbocycles. The molecule has 110 valence electrons. The average Bonchev–Trinajstić information content (AvgIpc) is 2.70. The normalized spacial score (nSPS) is 16.4. The van der Waals surface area contributed by atoms with Crippen LogP contribution in [0.1, 0.15) is 44.9 Å². The molecule has 4 heteroatoms. The highest BCUT2D eigenvalue weighted by Gasteiger charge is 2.14. The fourth-order valence-corrected chi connectivity index (χ4v) is 2.55. The second-order valence-electron chi connectivity index (χ2n) is 5.42. The van der Waals surface area contributed by atoms with Crippen LogP contribution in [0.3, 0.4) is 0 Å². The summed E-state index contributed by atoms with van der Waals surface area (Å²) in [6.07, 6.45) is 7.69. The van der Waals surface area contributed by atoms with Gasteiger partial charge in [0, 0.05) is 11.7 Å². The number of carbonyl (C=O) groups is 1. The zero-order valence-electron chi connectivity index (χ0n) is 11.9. The first kappa shape index (κ1) is 14.7. The van der Waals surface area contributed by atoms with E-state index in [9.17, 15) is 4.79 Å². The predicted octanol–water partition coefficient (Wildman–Crippen LogP) is 2.88. The Morgan fingerprint density at radius 3 is 2.45 bits per heavy atom. The molecule has 1 fully saturated rings. The summed E-state index contributed by atoms with van der Waals surface area (Å²) in [6.45, 7) is 0.405. The van der Waals surface area contributed by atoms with Crippen LogP contribution in [-0.4, -0.2) is 18.6 Å². The van der Waals surface area contributed by atoms with Gasteiger partial charge in [-0.3, -0.25) is 4.79 Å². The van der Waals surface area contributed by atoms with Gasteiger partial charge in [-0.1, -0.05) is 25.7 Å². The van der Waals surface area contributed by atoms with Gasteiger partial charge >= 0.3 is 0 Å². The van der Waals surface area contributed by atoms with Crippen molar-refractivity contribution in [2.45, 2.75) is 51.0 Å². The van der Waals surface area contributed by atoms with Crippen LogP contribution in [0.15, 0.2) is 24.3 Å². The van der Waals surface area contributed by atoms with Crippen molar-refractivity contribution in [1.82, 2.24) is 5.32 Å². The fourth-order valence-electron chi connectivity index (χ4n) is 2.55. The monoisotopic (exact) mass is 276 g/mol. The number of benzene rings is 1. The number of ether oxygens (including phenoxy) is 1. The Morgan fingerprint density at radius 1 is 1.15 bits per heavy atom. The standard InChI is InChI=1S/C16H24N2O2/c17-13-7-9-15(10-8-13)20-12-11-16(19)18-14-5-3-1-2-4-6-14/h7-10,14H,1-6,11-12,17H2,(H,18,19). The predicted molar refractivity (Wildman–Crippen MR) is 80.6 cm³/mol. The van der Waals surface area contributed by atoms with E-state index in [-0.39, 0.29) is 5.91 Å². The summed E-state index contributed by atoms with van der Waals surface area (Å²) in [4.78, 5) is 11.9. The summed E-state index contributed by atoms with van der Waals surface area (Å²) in [7, 11) is 0. The van der Waals surface area contributed by atoms with E-state index >= 15 is 0 Å². The molecule has 4 nitrogen and oxygen atoms in total. The van der Waals surface area contributed by atoms with Gasteiger partial charge in [0.2, 0.25) is 5.91 Å². The maximum Gasteiger partial charge on any atom is 0.223 e. The molecule has 0 bridgehead atoms. The van der Waals surface area contributed by atoms with Gasteiger partial charge in [0.05, 0.1) is 13.0 Å². The van der Waals surface area contributed by atoms with E-state index in [1.54, 1.807) is 12.1 Å². The number of anilines is 1. The van der Waals surface area contributed by atoms with Crippen LogP contribution in [0.2, 0.25) is 0 Å². The van der Waals surface area contributed by atoms with Crippen molar-refractivity contribution < 1.29 is 9.53 Å². The maximum absolute atomic E-state index is 11.9. The topological polar surface area (TPSA) is 64.3 Å². The highest BCUT2D eigenvalue weighted by molar-refractivity contribution is 5.76. The minimum Gasteiger partial charge on any atom is -0.493 e. The molecule has 20 heavy (non-hydrogen) atoms. The highest BCUT2D eigenvalue weighted by Crippen LogP contribution is 2.17. The molecule has 1 aliphatic rings. The third kappa shape index (κ3) is 5.11. The summed E-state index contributed by atoms with van der Waals surface area (Å²) in [5.74, 6) is 0.841. The molecular formula is C16H24N2O2. The van der Waals surface area contributed by atoms with E-state index in [0.29, 0.717) is 24.8 Å². The van der Waals surface area contributed by atoms with Gasteiger partial charge < -0.3 is 15.8 Å². The first-order valence-electron chi connectivity index (χ1n) is 7.52. The molecular weight excluding hydrogens is 252 g/mol. The zero-order valence-corrected chi connectivity index (χ0v) is 11.9. The highest BCUT2D eigenvalue weighted by atomic mass is 16.5. The largest absolute Gasteiger partial charge is 0.493 e. The Labute approximate surface area is 120 Å². The quantitative estimate of drug-likeness (QED) is 0.642. The third-order valence-electron chi connectivity index (χ3n) is 3.70. The fraction of sp³-hybridized carbons (Fsp3) is 0.562. The number of hydrogen-bond donors (Lipinski definition) is 2. The van der Waals surface area contributed by atoms with Crippen molar-refractivity contribution in [3.63, 3.8) is 0 Å². The lowest BCUT2D eigenvalue weighted by Crippen LogP contribution is -2.35. The summed E-state index contributed by atoms with van der Waals surface area (Å²) in [5, 5.41) is 3.12. The number of nitrogen functional groups attached to an aromatic ring is 1. The molecule has 1 saturated carbocycles. The van der Waals surface area contributed by atoms with Crippen molar-refractivity contribution in [2.24, 2.45) is 0 Å². The molecule has 1 aromatic rings. The minimum absolute atomic E-state index is 0.0901. The van der Waals surface area contributed by atoms with E-state index in [1.165, 1.54) is 25.7 Å².